The molecule has 0 aliphatic rings. The molecule has 1 heterocycles. The van der Waals surface area contributed by atoms with Gasteiger partial charge >= 0.3 is 5.97 Å². The van der Waals surface area contributed by atoms with Gasteiger partial charge in [-0.1, -0.05) is 24.3 Å². The molecule has 2 rings (SSSR count). The summed E-state index contributed by atoms with van der Waals surface area (Å²) in [4.78, 5) is 28.8. The van der Waals surface area contributed by atoms with Gasteiger partial charge in [0.1, 0.15) is 11.9 Å². The number of aromatic nitrogens is 1. The molecule has 0 saturated carbocycles. The Labute approximate surface area is 122 Å². The van der Waals surface area contributed by atoms with E-state index in [0.717, 1.165) is 0 Å². The zero-order chi connectivity index (χ0) is 15.6. The summed E-state index contributed by atoms with van der Waals surface area (Å²) in [5.74, 6) is -0.607. The number of nitrogens with one attached hydrogen (secondary N) is 1. The van der Waals surface area contributed by atoms with Crippen molar-refractivity contribution in [1.82, 2.24) is 9.88 Å². The van der Waals surface area contributed by atoms with E-state index in [2.05, 4.69) is 10.3 Å². The molecule has 0 bridgehead atoms. The number of carboxylic acid groups (broad SMARTS) is 1. The molecule has 6 nitrogen and oxygen atoms in total. The van der Waals surface area contributed by atoms with E-state index in [1.807, 2.05) is 0 Å². The molecule has 0 aliphatic heterocycles. The Bertz CT molecular complexity index is 698. The number of carbonyl (C=O) groups excluding carboxylic acids is 1. The van der Waals surface area contributed by atoms with Crippen LogP contribution in [0.1, 0.15) is 17.3 Å². The summed E-state index contributed by atoms with van der Waals surface area (Å²) in [5.41, 5.74) is 0.141. The van der Waals surface area contributed by atoms with Crippen LogP contribution in [-0.2, 0) is 4.79 Å². The van der Waals surface area contributed by atoms with Crippen molar-refractivity contribution in [2.75, 3.05) is 19.4 Å². The van der Waals surface area contributed by atoms with Gasteiger partial charge in [-0.25, -0.2) is 9.78 Å². The number of carboxylic acids is 1. The molecule has 6 heteroatoms. The number of hydrogen-bond donors (Lipinski definition) is 2. The molecule has 0 fully saturated rings. The minimum absolute atomic E-state index is 0.0804. The fourth-order valence-electron chi connectivity index (χ4n) is 2.13. The van der Waals surface area contributed by atoms with Crippen LogP contribution >= 0.6 is 0 Å². The molecule has 1 unspecified atom stereocenters. The third kappa shape index (κ3) is 2.94. The minimum Gasteiger partial charge on any atom is -0.478 e. The van der Waals surface area contributed by atoms with Gasteiger partial charge in [-0.3, -0.25) is 4.79 Å². The van der Waals surface area contributed by atoms with E-state index in [1.165, 1.54) is 11.1 Å². The lowest BCUT2D eigenvalue weighted by molar-refractivity contribution is -0.129. The Hall–Kier alpha value is -2.63. The quantitative estimate of drug-likeness (QED) is 0.896. The van der Waals surface area contributed by atoms with Crippen LogP contribution < -0.4 is 5.32 Å². The summed E-state index contributed by atoms with van der Waals surface area (Å²) >= 11 is 0. The number of aromatic carboxylic acids is 1. The number of hydrogen-bond acceptors (Lipinski definition) is 4. The first-order valence-corrected chi connectivity index (χ1v) is 6.50. The molecule has 1 atom stereocenters. The van der Waals surface area contributed by atoms with Crippen molar-refractivity contribution >= 4 is 28.5 Å². The number of fused-ring (bicyclic) bond motifs is 1. The Morgan fingerprint density at radius 1 is 1.24 bits per heavy atom. The Balaban J connectivity index is 2.45. The summed E-state index contributed by atoms with van der Waals surface area (Å²) < 4.78 is 0. The second kappa shape index (κ2) is 5.78. The van der Waals surface area contributed by atoms with E-state index in [4.69, 9.17) is 0 Å². The largest absolute Gasteiger partial charge is 0.478 e. The molecule has 2 N–H and O–H groups in total. The van der Waals surface area contributed by atoms with Crippen LogP contribution in [-0.4, -0.2) is 47.0 Å². The molecule has 0 radical (unpaired) electrons. The van der Waals surface area contributed by atoms with E-state index in [1.54, 1.807) is 45.3 Å². The summed E-state index contributed by atoms with van der Waals surface area (Å²) in [6, 6.07) is 6.63. The van der Waals surface area contributed by atoms with Crippen LogP contribution in [0.15, 0.2) is 30.5 Å². The summed E-state index contributed by atoms with van der Waals surface area (Å²) in [6.07, 6.45) is 1.31. The normalized spacial score (nSPS) is 12.0. The van der Waals surface area contributed by atoms with Gasteiger partial charge in [-0.05, 0) is 6.92 Å². The second-order valence-corrected chi connectivity index (χ2v) is 4.97. The number of anilines is 1. The number of likely N-dealkylation sites (N-methyl/N-ethyl adjacent to an activating group) is 1. The van der Waals surface area contributed by atoms with Gasteiger partial charge in [-0.15, -0.1) is 0 Å². The van der Waals surface area contributed by atoms with E-state index in [-0.39, 0.29) is 11.5 Å². The van der Waals surface area contributed by atoms with Gasteiger partial charge in [0.2, 0.25) is 5.91 Å². The van der Waals surface area contributed by atoms with Crippen LogP contribution in [0.5, 0.6) is 0 Å². The lowest BCUT2D eigenvalue weighted by Crippen LogP contribution is -2.36. The van der Waals surface area contributed by atoms with Crippen molar-refractivity contribution in [3.8, 4) is 0 Å². The molecule has 21 heavy (non-hydrogen) atoms. The van der Waals surface area contributed by atoms with Gasteiger partial charge < -0.3 is 15.3 Å². The Kier molecular flexibility index (Phi) is 4.07. The van der Waals surface area contributed by atoms with Crippen molar-refractivity contribution in [1.29, 1.82) is 0 Å². The van der Waals surface area contributed by atoms with E-state index >= 15 is 0 Å². The van der Waals surface area contributed by atoms with Crippen LogP contribution in [0.3, 0.4) is 0 Å². The minimum atomic E-state index is -1.03. The zero-order valence-corrected chi connectivity index (χ0v) is 12.1. The average Bonchev–Trinajstić information content (AvgIpc) is 2.46. The predicted octanol–water partition coefficient (Wildman–Crippen LogP) is 1.82. The van der Waals surface area contributed by atoms with E-state index < -0.39 is 12.0 Å². The second-order valence-electron chi connectivity index (χ2n) is 4.97. The number of amides is 1. The smallest absolute Gasteiger partial charge is 0.337 e. The molecule has 0 saturated heterocycles. The highest BCUT2D eigenvalue weighted by atomic mass is 16.4. The molecular weight excluding hydrogens is 270 g/mol. The first kappa shape index (κ1) is 14.8. The highest BCUT2D eigenvalue weighted by Crippen LogP contribution is 2.25. The number of carbonyl (C=O) groups is 2. The first-order chi connectivity index (χ1) is 9.91. The molecule has 0 spiro atoms. The third-order valence-electron chi connectivity index (χ3n) is 3.19. The number of rotatable bonds is 4. The topological polar surface area (TPSA) is 82.5 Å². The lowest BCUT2D eigenvalue weighted by Gasteiger charge is -2.19. The number of benzene rings is 1. The zero-order valence-electron chi connectivity index (χ0n) is 12.1. The van der Waals surface area contributed by atoms with Crippen LogP contribution in [0.25, 0.3) is 10.8 Å². The average molecular weight is 287 g/mol. The summed E-state index contributed by atoms with van der Waals surface area (Å²) in [6.45, 7) is 1.74. The Morgan fingerprint density at radius 3 is 2.43 bits per heavy atom. The van der Waals surface area contributed by atoms with E-state index in [9.17, 15) is 14.7 Å². The molecule has 1 aromatic heterocycles. The molecular formula is C15H17N3O3. The molecule has 110 valence electrons. The van der Waals surface area contributed by atoms with Crippen molar-refractivity contribution in [2.45, 2.75) is 13.0 Å². The highest BCUT2D eigenvalue weighted by molar-refractivity contribution is 6.06. The molecule has 2 aromatic rings. The number of nitrogens with zero attached hydrogens (tertiary/aromatic N) is 2. The van der Waals surface area contributed by atoms with Gasteiger partial charge in [0.15, 0.2) is 0 Å². The van der Waals surface area contributed by atoms with Gasteiger partial charge in [0, 0.05) is 31.1 Å². The summed E-state index contributed by atoms with van der Waals surface area (Å²) in [7, 11) is 3.36. The maximum atomic E-state index is 11.9. The van der Waals surface area contributed by atoms with Crippen molar-refractivity contribution < 1.29 is 14.7 Å². The van der Waals surface area contributed by atoms with Gasteiger partial charge in [0.25, 0.3) is 0 Å². The monoisotopic (exact) mass is 287 g/mol. The molecule has 1 amide bonds. The van der Waals surface area contributed by atoms with Gasteiger partial charge in [0.05, 0.1) is 5.56 Å². The Morgan fingerprint density at radius 2 is 1.86 bits per heavy atom. The predicted molar refractivity (Wildman–Crippen MR) is 80.5 cm³/mol. The summed E-state index contributed by atoms with van der Waals surface area (Å²) in [5, 5.41) is 13.5. The van der Waals surface area contributed by atoms with Crippen molar-refractivity contribution in [3.63, 3.8) is 0 Å². The van der Waals surface area contributed by atoms with Crippen molar-refractivity contribution in [2.24, 2.45) is 0 Å². The third-order valence-corrected chi connectivity index (χ3v) is 3.19. The van der Waals surface area contributed by atoms with Crippen LogP contribution in [0.4, 0.5) is 5.82 Å². The fourth-order valence-corrected chi connectivity index (χ4v) is 2.13. The standard InChI is InChI=1S/C15H17N3O3/c1-9(14(19)18(2)3)17-13-11-7-5-4-6-10(11)12(8-16-13)15(20)21/h4-9H,1-3H3,(H,16,17)(H,20,21). The van der Waals surface area contributed by atoms with Crippen molar-refractivity contribution in [3.05, 3.63) is 36.0 Å². The molecule has 1 aromatic carbocycles. The van der Waals surface area contributed by atoms with E-state index in [0.29, 0.717) is 16.6 Å². The molecule has 0 aliphatic carbocycles. The van der Waals surface area contributed by atoms with Crippen LogP contribution in [0.2, 0.25) is 0 Å². The van der Waals surface area contributed by atoms with Gasteiger partial charge in [-0.2, -0.15) is 0 Å². The van der Waals surface area contributed by atoms with Crippen LogP contribution in [0, 0.1) is 0 Å². The maximum absolute atomic E-state index is 11.9. The SMILES string of the molecule is CC(Nc1ncc(C(=O)O)c2ccccc12)C(=O)N(C)C. The highest BCUT2D eigenvalue weighted by Gasteiger charge is 2.18. The first-order valence-electron chi connectivity index (χ1n) is 6.50. The maximum Gasteiger partial charge on any atom is 0.337 e. The number of pyridine rings is 1. The fraction of sp³-hybridized carbons (Fsp3) is 0.267. The lowest BCUT2D eigenvalue weighted by atomic mass is 10.1.